The van der Waals surface area contributed by atoms with Crippen molar-refractivity contribution in [3.05, 3.63) is 22.6 Å². The molecule has 0 amide bonds. The lowest BCUT2D eigenvalue weighted by molar-refractivity contribution is 0.0979. The fourth-order valence-corrected chi connectivity index (χ4v) is 2.20. The fourth-order valence-electron chi connectivity index (χ4n) is 1.73. The number of nitrogens with two attached hydrogens (primary N) is 1. The predicted octanol–water partition coefficient (Wildman–Crippen LogP) is 2.70. The number of aliphatic hydroxyl groups is 1. The second kappa shape index (κ2) is 5.68. The van der Waals surface area contributed by atoms with Crippen molar-refractivity contribution in [1.82, 2.24) is 0 Å². The number of halogens is 1. The molecule has 0 aromatic carbocycles. The third-order valence-electron chi connectivity index (χ3n) is 2.49. The highest BCUT2D eigenvalue weighted by atomic mass is 79.9. The Labute approximate surface area is 98.8 Å². The molecule has 0 fully saturated rings. The van der Waals surface area contributed by atoms with Crippen LogP contribution in [0.3, 0.4) is 0 Å². The van der Waals surface area contributed by atoms with Gasteiger partial charge in [0, 0.05) is 11.5 Å². The average molecular weight is 276 g/mol. The molecule has 0 aliphatic heterocycles. The molecule has 15 heavy (non-hydrogen) atoms. The summed E-state index contributed by atoms with van der Waals surface area (Å²) in [5.74, 6) is 0.609. The van der Waals surface area contributed by atoms with E-state index in [4.69, 9.17) is 10.2 Å². The second-order valence-corrected chi connectivity index (χ2v) is 4.94. The summed E-state index contributed by atoms with van der Waals surface area (Å²) in [6.07, 6.45) is 1.92. The highest BCUT2D eigenvalue weighted by Gasteiger charge is 2.23. The summed E-state index contributed by atoms with van der Waals surface area (Å²) < 4.78 is 5.70. The lowest BCUT2D eigenvalue weighted by Crippen LogP contribution is -2.23. The first-order valence-corrected chi connectivity index (χ1v) is 5.96. The van der Waals surface area contributed by atoms with E-state index in [0.29, 0.717) is 17.1 Å². The quantitative estimate of drug-likeness (QED) is 0.869. The Bertz CT molecular complexity index is 299. The summed E-state index contributed by atoms with van der Waals surface area (Å²) in [6, 6.07) is 1.78. The Morgan fingerprint density at radius 2 is 2.20 bits per heavy atom. The number of rotatable bonds is 5. The molecule has 0 bridgehead atoms. The lowest BCUT2D eigenvalue weighted by atomic mass is 9.89. The molecular weight excluding hydrogens is 258 g/mol. The molecule has 0 aliphatic rings. The summed E-state index contributed by atoms with van der Waals surface area (Å²) in [5.41, 5.74) is 6.46. The number of furan rings is 1. The summed E-state index contributed by atoms with van der Waals surface area (Å²) in [7, 11) is 0. The van der Waals surface area contributed by atoms with Gasteiger partial charge in [-0.3, -0.25) is 0 Å². The third kappa shape index (κ3) is 3.33. The van der Waals surface area contributed by atoms with Gasteiger partial charge in [-0.25, -0.2) is 0 Å². The third-order valence-corrected chi connectivity index (χ3v) is 3.13. The highest BCUT2D eigenvalue weighted by molar-refractivity contribution is 9.10. The normalized spacial score (nSPS) is 15.6. The van der Waals surface area contributed by atoms with E-state index in [1.54, 1.807) is 12.3 Å². The van der Waals surface area contributed by atoms with Crippen LogP contribution in [0.5, 0.6) is 0 Å². The monoisotopic (exact) mass is 275 g/mol. The van der Waals surface area contributed by atoms with E-state index in [9.17, 15) is 5.11 Å². The smallest absolute Gasteiger partial charge is 0.174 e. The lowest BCUT2D eigenvalue weighted by Gasteiger charge is -2.22. The molecule has 0 aliphatic carbocycles. The predicted molar refractivity (Wildman–Crippen MR) is 63.4 cm³/mol. The average Bonchev–Trinajstić information content (AvgIpc) is 2.59. The van der Waals surface area contributed by atoms with Crippen molar-refractivity contribution in [3.8, 4) is 0 Å². The Balaban J connectivity index is 2.73. The maximum Gasteiger partial charge on any atom is 0.174 e. The van der Waals surface area contributed by atoms with Gasteiger partial charge in [0.25, 0.3) is 0 Å². The molecule has 3 nitrogen and oxygen atoms in total. The van der Waals surface area contributed by atoms with Crippen molar-refractivity contribution in [2.24, 2.45) is 17.6 Å². The van der Waals surface area contributed by atoms with Crippen LogP contribution < -0.4 is 5.73 Å². The molecule has 1 rings (SSSR count). The minimum absolute atomic E-state index is 0.0823. The van der Waals surface area contributed by atoms with Crippen LogP contribution in [-0.4, -0.2) is 11.7 Å². The van der Waals surface area contributed by atoms with Crippen LogP contribution in [0.25, 0.3) is 0 Å². The van der Waals surface area contributed by atoms with E-state index in [-0.39, 0.29) is 5.92 Å². The Morgan fingerprint density at radius 3 is 2.60 bits per heavy atom. The van der Waals surface area contributed by atoms with E-state index >= 15 is 0 Å². The Kier molecular flexibility index (Phi) is 4.83. The van der Waals surface area contributed by atoms with Gasteiger partial charge in [0.05, 0.1) is 12.4 Å². The van der Waals surface area contributed by atoms with Crippen molar-refractivity contribution in [2.45, 2.75) is 26.4 Å². The summed E-state index contributed by atoms with van der Waals surface area (Å²) in [5, 5.41) is 10.1. The molecular formula is C11H18BrNO2. The number of hydrogen-bond acceptors (Lipinski definition) is 3. The minimum Gasteiger partial charge on any atom is -0.457 e. The molecule has 1 aromatic rings. The van der Waals surface area contributed by atoms with E-state index in [0.717, 1.165) is 12.0 Å². The van der Waals surface area contributed by atoms with Crippen molar-refractivity contribution in [1.29, 1.82) is 0 Å². The van der Waals surface area contributed by atoms with Gasteiger partial charge in [0.15, 0.2) is 4.67 Å². The van der Waals surface area contributed by atoms with E-state index in [1.807, 2.05) is 0 Å². The molecule has 1 aromatic heterocycles. The number of hydrogen-bond donors (Lipinski definition) is 2. The van der Waals surface area contributed by atoms with Gasteiger partial charge in [0.2, 0.25) is 0 Å². The molecule has 1 heterocycles. The van der Waals surface area contributed by atoms with Gasteiger partial charge in [-0.05, 0) is 40.9 Å². The van der Waals surface area contributed by atoms with Gasteiger partial charge < -0.3 is 15.3 Å². The molecule has 0 radical (unpaired) electrons. The van der Waals surface area contributed by atoms with Crippen LogP contribution in [0, 0.1) is 11.8 Å². The van der Waals surface area contributed by atoms with Crippen molar-refractivity contribution in [2.75, 3.05) is 6.54 Å². The van der Waals surface area contributed by atoms with E-state index < -0.39 is 6.10 Å². The zero-order chi connectivity index (χ0) is 11.4. The highest BCUT2D eigenvalue weighted by Crippen LogP contribution is 2.32. The Hall–Kier alpha value is -0.320. The molecule has 86 valence electrons. The summed E-state index contributed by atoms with van der Waals surface area (Å²) in [6.45, 7) is 4.73. The van der Waals surface area contributed by atoms with Crippen LogP contribution in [-0.2, 0) is 0 Å². The molecule has 0 saturated heterocycles. The molecule has 3 N–H and O–H groups in total. The van der Waals surface area contributed by atoms with Crippen LogP contribution >= 0.6 is 15.9 Å². The fraction of sp³-hybridized carbons (Fsp3) is 0.636. The molecule has 4 heteroatoms. The molecule has 0 spiro atoms. The zero-order valence-electron chi connectivity index (χ0n) is 9.11. The van der Waals surface area contributed by atoms with Crippen LogP contribution in [0.4, 0.5) is 0 Å². The second-order valence-electron chi connectivity index (χ2n) is 4.22. The maximum atomic E-state index is 10.1. The van der Waals surface area contributed by atoms with Crippen LogP contribution in [0.1, 0.15) is 31.9 Å². The number of aliphatic hydroxyl groups excluding tert-OH is 1. The van der Waals surface area contributed by atoms with Gasteiger partial charge in [-0.1, -0.05) is 13.8 Å². The molecule has 0 saturated carbocycles. The topological polar surface area (TPSA) is 59.4 Å². The van der Waals surface area contributed by atoms with E-state index in [1.165, 1.54) is 0 Å². The zero-order valence-corrected chi connectivity index (χ0v) is 10.7. The first-order chi connectivity index (χ1) is 7.06. The summed E-state index contributed by atoms with van der Waals surface area (Å²) >= 11 is 3.26. The van der Waals surface area contributed by atoms with Gasteiger partial charge >= 0.3 is 0 Å². The van der Waals surface area contributed by atoms with E-state index in [2.05, 4.69) is 29.8 Å². The first kappa shape index (κ1) is 12.7. The standard InChI is InChI=1S/C11H18BrNO2/c1-7(2)5-8(6-13)10(14)9-3-4-15-11(9)12/h3-4,7-8,10,14H,5-6,13H2,1-2H3. The van der Waals surface area contributed by atoms with Gasteiger partial charge in [0.1, 0.15) is 0 Å². The Morgan fingerprint density at radius 1 is 1.53 bits per heavy atom. The van der Waals surface area contributed by atoms with Gasteiger partial charge in [-0.15, -0.1) is 0 Å². The SMILES string of the molecule is CC(C)CC(CN)C(O)c1ccoc1Br. The van der Waals surface area contributed by atoms with Crippen molar-refractivity contribution >= 4 is 15.9 Å². The minimum atomic E-state index is -0.550. The maximum absolute atomic E-state index is 10.1. The van der Waals surface area contributed by atoms with Gasteiger partial charge in [-0.2, -0.15) is 0 Å². The first-order valence-electron chi connectivity index (χ1n) is 5.17. The van der Waals surface area contributed by atoms with Crippen LogP contribution in [0.2, 0.25) is 0 Å². The van der Waals surface area contributed by atoms with Crippen LogP contribution in [0.15, 0.2) is 21.4 Å². The van der Waals surface area contributed by atoms with Crippen molar-refractivity contribution in [3.63, 3.8) is 0 Å². The van der Waals surface area contributed by atoms with Crippen molar-refractivity contribution < 1.29 is 9.52 Å². The summed E-state index contributed by atoms with van der Waals surface area (Å²) in [4.78, 5) is 0. The largest absolute Gasteiger partial charge is 0.457 e. The molecule has 2 unspecified atom stereocenters. The molecule has 2 atom stereocenters.